The maximum Gasteiger partial charge on any atom is 0.416 e. The molecule has 1 heterocycles. The zero-order chi connectivity index (χ0) is 21.9. The molecular formula is C22H20F3NO4. The van der Waals surface area contributed by atoms with Gasteiger partial charge < -0.3 is 14.3 Å². The molecule has 5 nitrogen and oxygen atoms in total. The second-order valence-electron chi connectivity index (χ2n) is 6.87. The number of halogens is 3. The Labute approximate surface area is 171 Å². The Kier molecular flexibility index (Phi) is 6.14. The Morgan fingerprint density at radius 2 is 1.83 bits per heavy atom. The summed E-state index contributed by atoms with van der Waals surface area (Å²) in [6.07, 6.45) is -4.05. The van der Waals surface area contributed by atoms with Crippen molar-refractivity contribution in [1.82, 2.24) is 4.98 Å². The highest BCUT2D eigenvalue weighted by molar-refractivity contribution is 5.70. The fraction of sp³-hybridized carbons (Fsp3) is 0.273. The number of oxazole rings is 1. The van der Waals surface area contributed by atoms with E-state index in [1.54, 1.807) is 25.1 Å². The van der Waals surface area contributed by atoms with Gasteiger partial charge in [-0.15, -0.1) is 0 Å². The van der Waals surface area contributed by atoms with Gasteiger partial charge in [0.15, 0.2) is 0 Å². The molecule has 0 saturated heterocycles. The number of aryl methyl sites for hydroxylation is 2. The number of carbonyl (C=O) groups is 1. The molecule has 30 heavy (non-hydrogen) atoms. The fourth-order valence-corrected chi connectivity index (χ4v) is 2.93. The number of hydrogen-bond donors (Lipinski definition) is 1. The van der Waals surface area contributed by atoms with E-state index in [2.05, 4.69) is 4.98 Å². The number of benzene rings is 2. The third-order valence-corrected chi connectivity index (χ3v) is 4.56. The van der Waals surface area contributed by atoms with E-state index in [0.717, 1.165) is 17.7 Å². The van der Waals surface area contributed by atoms with Crippen molar-refractivity contribution in [3.05, 3.63) is 70.6 Å². The number of nitrogens with zero attached hydrogens (tertiary/aromatic N) is 1. The first-order chi connectivity index (χ1) is 14.1. The molecule has 1 aromatic heterocycles. The predicted molar refractivity (Wildman–Crippen MR) is 103 cm³/mol. The Hall–Kier alpha value is -3.29. The summed E-state index contributed by atoms with van der Waals surface area (Å²) in [6.45, 7) is 3.88. The van der Waals surface area contributed by atoms with E-state index in [9.17, 15) is 18.0 Å². The number of rotatable bonds is 7. The van der Waals surface area contributed by atoms with Gasteiger partial charge in [-0.3, -0.25) is 4.79 Å². The molecule has 1 N–H and O–H groups in total. The SMILES string of the molecule is Cc1ccc(CC(=O)O)cc1OCCc1nc(-c2ccc(C(F)(F)F)cc2)oc1C. The molecular weight excluding hydrogens is 399 g/mol. The van der Waals surface area contributed by atoms with Crippen LogP contribution in [0, 0.1) is 13.8 Å². The standard InChI is InChI=1S/C22H20F3NO4/c1-13-3-4-15(12-20(27)28)11-19(13)29-10-9-18-14(2)30-21(26-18)16-5-7-17(8-6-16)22(23,24)25/h3-8,11H,9-10,12H2,1-2H3,(H,27,28). The normalized spacial score (nSPS) is 11.5. The van der Waals surface area contributed by atoms with Gasteiger partial charge in [-0.1, -0.05) is 12.1 Å². The number of alkyl halides is 3. The number of ether oxygens (including phenoxy) is 1. The van der Waals surface area contributed by atoms with Crippen LogP contribution < -0.4 is 4.74 Å². The lowest BCUT2D eigenvalue weighted by molar-refractivity contribution is -0.138. The second-order valence-corrected chi connectivity index (χ2v) is 6.87. The molecule has 2 aromatic carbocycles. The Balaban J connectivity index is 1.66. The van der Waals surface area contributed by atoms with Gasteiger partial charge in [-0.05, 0) is 55.3 Å². The summed E-state index contributed by atoms with van der Waals surface area (Å²) in [5, 5.41) is 8.92. The largest absolute Gasteiger partial charge is 0.493 e. The predicted octanol–water partition coefficient (Wildman–Crippen LogP) is 5.23. The lowest BCUT2D eigenvalue weighted by Crippen LogP contribution is -2.05. The van der Waals surface area contributed by atoms with Crippen LogP contribution in [-0.2, 0) is 23.8 Å². The Morgan fingerprint density at radius 1 is 1.13 bits per heavy atom. The van der Waals surface area contributed by atoms with E-state index in [0.29, 0.717) is 34.8 Å². The molecule has 0 fully saturated rings. The van der Waals surface area contributed by atoms with Crippen LogP contribution in [0.15, 0.2) is 46.9 Å². The van der Waals surface area contributed by atoms with Crippen LogP contribution in [0.2, 0.25) is 0 Å². The molecule has 0 aliphatic heterocycles. The average molecular weight is 419 g/mol. The van der Waals surface area contributed by atoms with E-state index in [1.165, 1.54) is 12.1 Å². The molecule has 158 valence electrons. The van der Waals surface area contributed by atoms with Gasteiger partial charge in [-0.25, -0.2) is 4.98 Å². The quantitative estimate of drug-likeness (QED) is 0.568. The summed E-state index contributed by atoms with van der Waals surface area (Å²) in [7, 11) is 0. The minimum atomic E-state index is -4.40. The highest BCUT2D eigenvalue weighted by Gasteiger charge is 2.30. The molecule has 0 unspecified atom stereocenters. The van der Waals surface area contributed by atoms with Gasteiger partial charge in [0.1, 0.15) is 11.5 Å². The first kappa shape index (κ1) is 21.4. The molecule has 0 amide bonds. The van der Waals surface area contributed by atoms with E-state index in [1.807, 2.05) is 6.92 Å². The van der Waals surface area contributed by atoms with Crippen molar-refractivity contribution in [2.45, 2.75) is 32.9 Å². The molecule has 8 heteroatoms. The molecule has 0 radical (unpaired) electrons. The van der Waals surface area contributed by atoms with Crippen LogP contribution in [-0.4, -0.2) is 22.7 Å². The smallest absolute Gasteiger partial charge is 0.416 e. The summed E-state index contributed by atoms with van der Waals surface area (Å²) in [5.41, 5.74) is 1.89. The van der Waals surface area contributed by atoms with Gasteiger partial charge in [0.05, 0.1) is 24.3 Å². The monoisotopic (exact) mass is 419 g/mol. The molecule has 0 aliphatic carbocycles. The van der Waals surface area contributed by atoms with E-state index >= 15 is 0 Å². The van der Waals surface area contributed by atoms with E-state index in [-0.39, 0.29) is 18.9 Å². The van der Waals surface area contributed by atoms with Crippen LogP contribution in [0.4, 0.5) is 13.2 Å². The van der Waals surface area contributed by atoms with Crippen molar-refractivity contribution in [3.63, 3.8) is 0 Å². The topological polar surface area (TPSA) is 72.6 Å². The number of carboxylic acid groups (broad SMARTS) is 1. The van der Waals surface area contributed by atoms with E-state index in [4.69, 9.17) is 14.3 Å². The van der Waals surface area contributed by atoms with Gasteiger partial charge in [0.2, 0.25) is 5.89 Å². The summed E-state index contributed by atoms with van der Waals surface area (Å²) >= 11 is 0. The first-order valence-electron chi connectivity index (χ1n) is 9.21. The summed E-state index contributed by atoms with van der Waals surface area (Å²) < 4.78 is 49.5. The third kappa shape index (κ3) is 5.20. The highest BCUT2D eigenvalue weighted by atomic mass is 19.4. The molecule has 0 atom stereocenters. The van der Waals surface area contributed by atoms with Crippen LogP contribution >= 0.6 is 0 Å². The average Bonchev–Trinajstić information content (AvgIpc) is 3.04. The Bertz CT molecular complexity index is 1040. The molecule has 0 saturated carbocycles. The van der Waals surface area contributed by atoms with Crippen molar-refractivity contribution >= 4 is 5.97 Å². The number of carboxylic acids is 1. The van der Waals surface area contributed by atoms with Crippen LogP contribution in [0.3, 0.4) is 0 Å². The van der Waals surface area contributed by atoms with Gasteiger partial charge in [0.25, 0.3) is 0 Å². The van der Waals surface area contributed by atoms with Crippen molar-refractivity contribution in [1.29, 1.82) is 0 Å². The minimum Gasteiger partial charge on any atom is -0.493 e. The van der Waals surface area contributed by atoms with Crippen LogP contribution in [0.25, 0.3) is 11.5 Å². The van der Waals surface area contributed by atoms with Crippen molar-refractivity contribution in [2.24, 2.45) is 0 Å². The minimum absolute atomic E-state index is 0.0878. The highest BCUT2D eigenvalue weighted by Crippen LogP contribution is 2.31. The summed E-state index contributed by atoms with van der Waals surface area (Å²) in [5.74, 6) is 0.484. The fourth-order valence-electron chi connectivity index (χ4n) is 2.93. The summed E-state index contributed by atoms with van der Waals surface area (Å²) in [4.78, 5) is 15.2. The Morgan fingerprint density at radius 3 is 2.47 bits per heavy atom. The number of aromatic nitrogens is 1. The first-order valence-corrected chi connectivity index (χ1v) is 9.21. The molecule has 0 bridgehead atoms. The van der Waals surface area contributed by atoms with Crippen LogP contribution in [0.1, 0.15) is 28.1 Å². The van der Waals surface area contributed by atoms with Gasteiger partial charge in [-0.2, -0.15) is 13.2 Å². The molecule has 3 rings (SSSR count). The second kappa shape index (κ2) is 8.61. The van der Waals surface area contributed by atoms with Gasteiger partial charge in [0, 0.05) is 12.0 Å². The third-order valence-electron chi connectivity index (χ3n) is 4.56. The van der Waals surface area contributed by atoms with Crippen molar-refractivity contribution in [3.8, 4) is 17.2 Å². The van der Waals surface area contributed by atoms with Crippen molar-refractivity contribution in [2.75, 3.05) is 6.61 Å². The molecule has 0 spiro atoms. The maximum absolute atomic E-state index is 12.7. The lowest BCUT2D eigenvalue weighted by Gasteiger charge is -2.10. The zero-order valence-corrected chi connectivity index (χ0v) is 16.4. The number of aliphatic carboxylic acids is 1. The van der Waals surface area contributed by atoms with Gasteiger partial charge >= 0.3 is 12.1 Å². The van der Waals surface area contributed by atoms with Crippen molar-refractivity contribution < 1.29 is 32.2 Å². The maximum atomic E-state index is 12.7. The molecule has 3 aromatic rings. The van der Waals surface area contributed by atoms with Crippen LogP contribution in [0.5, 0.6) is 5.75 Å². The number of hydrogen-bond acceptors (Lipinski definition) is 4. The van der Waals surface area contributed by atoms with E-state index < -0.39 is 17.7 Å². The lowest BCUT2D eigenvalue weighted by atomic mass is 10.1. The zero-order valence-electron chi connectivity index (χ0n) is 16.4. The summed E-state index contributed by atoms with van der Waals surface area (Å²) in [6, 6.07) is 9.88. The molecule has 0 aliphatic rings.